The van der Waals surface area contributed by atoms with Gasteiger partial charge >= 0.3 is 0 Å². The number of carbonyl (C=O) groups excluding carboxylic acids is 1. The van der Waals surface area contributed by atoms with Crippen LogP contribution in [-0.4, -0.2) is 5.91 Å². The fourth-order valence-electron chi connectivity index (χ4n) is 1.53. The molecule has 0 spiro atoms. The van der Waals surface area contributed by atoms with Crippen LogP contribution < -0.4 is 11.1 Å². The van der Waals surface area contributed by atoms with Crippen LogP contribution >= 0.6 is 34.8 Å². The summed E-state index contributed by atoms with van der Waals surface area (Å²) >= 11 is 17.3. The van der Waals surface area contributed by atoms with E-state index in [0.29, 0.717) is 0 Å². The van der Waals surface area contributed by atoms with E-state index in [-0.39, 0.29) is 32.0 Å². The van der Waals surface area contributed by atoms with Crippen LogP contribution in [0.5, 0.6) is 0 Å². The first-order valence-corrected chi connectivity index (χ1v) is 6.53. The molecule has 0 aliphatic rings. The molecule has 0 radical (unpaired) electrons. The molecule has 104 valence electrons. The predicted molar refractivity (Wildman–Crippen MR) is 80.2 cm³/mol. The predicted octanol–water partition coefficient (Wildman–Crippen LogP) is 4.62. The molecule has 0 heterocycles. The number of anilines is 2. The lowest BCUT2D eigenvalue weighted by Crippen LogP contribution is -2.13. The van der Waals surface area contributed by atoms with Gasteiger partial charge in [0, 0.05) is 10.6 Å². The second kappa shape index (κ2) is 5.87. The summed E-state index contributed by atoms with van der Waals surface area (Å²) in [7, 11) is 0. The zero-order valence-corrected chi connectivity index (χ0v) is 12.2. The van der Waals surface area contributed by atoms with E-state index in [1.807, 2.05) is 0 Å². The standard InChI is InChI=1S/C13H8Cl3FN2O/c14-7-1-2-11(9(17)5-7)19-13(20)6-3-8(15)12(16)10(18)4-6/h1-5H,18H2,(H,19,20). The minimum absolute atomic E-state index is 0.00374. The highest BCUT2D eigenvalue weighted by Gasteiger charge is 2.13. The SMILES string of the molecule is Nc1cc(C(=O)Nc2ccc(Cl)cc2F)cc(Cl)c1Cl. The molecule has 0 saturated heterocycles. The molecule has 2 rings (SSSR count). The first-order valence-electron chi connectivity index (χ1n) is 5.39. The lowest BCUT2D eigenvalue weighted by atomic mass is 10.2. The van der Waals surface area contributed by atoms with Gasteiger partial charge in [-0.2, -0.15) is 0 Å². The fourth-order valence-corrected chi connectivity index (χ4v) is 2.02. The van der Waals surface area contributed by atoms with Gasteiger partial charge in [-0.15, -0.1) is 0 Å². The van der Waals surface area contributed by atoms with E-state index in [9.17, 15) is 9.18 Å². The maximum atomic E-state index is 13.6. The van der Waals surface area contributed by atoms with Crippen molar-refractivity contribution in [1.82, 2.24) is 0 Å². The average molecular weight is 334 g/mol. The van der Waals surface area contributed by atoms with Gasteiger partial charge in [-0.1, -0.05) is 34.8 Å². The van der Waals surface area contributed by atoms with Gasteiger partial charge in [0.2, 0.25) is 0 Å². The maximum Gasteiger partial charge on any atom is 0.255 e. The number of halogens is 4. The number of hydrogen-bond acceptors (Lipinski definition) is 2. The molecule has 3 N–H and O–H groups in total. The number of nitrogens with one attached hydrogen (secondary N) is 1. The molecule has 0 saturated carbocycles. The quantitative estimate of drug-likeness (QED) is 0.788. The van der Waals surface area contributed by atoms with E-state index in [0.717, 1.165) is 6.07 Å². The van der Waals surface area contributed by atoms with E-state index >= 15 is 0 Å². The summed E-state index contributed by atoms with van der Waals surface area (Å²) in [5.74, 6) is -1.20. The molecule has 0 unspecified atom stereocenters. The van der Waals surface area contributed by atoms with Gasteiger partial charge in [0.15, 0.2) is 0 Å². The van der Waals surface area contributed by atoms with Crippen molar-refractivity contribution in [2.75, 3.05) is 11.1 Å². The van der Waals surface area contributed by atoms with Crippen molar-refractivity contribution in [3.05, 3.63) is 56.8 Å². The smallest absolute Gasteiger partial charge is 0.255 e. The number of rotatable bonds is 2. The molecule has 0 atom stereocenters. The second-order valence-corrected chi connectivity index (χ2v) is 5.16. The Morgan fingerprint density at radius 2 is 1.85 bits per heavy atom. The molecule has 0 aliphatic heterocycles. The van der Waals surface area contributed by atoms with Gasteiger partial charge in [-0.3, -0.25) is 4.79 Å². The van der Waals surface area contributed by atoms with Gasteiger partial charge in [-0.25, -0.2) is 4.39 Å². The monoisotopic (exact) mass is 332 g/mol. The summed E-state index contributed by atoms with van der Waals surface area (Å²) in [6.45, 7) is 0. The second-order valence-electron chi connectivity index (χ2n) is 3.94. The van der Waals surface area contributed by atoms with Crippen LogP contribution in [0.1, 0.15) is 10.4 Å². The minimum atomic E-state index is -0.640. The highest BCUT2D eigenvalue weighted by atomic mass is 35.5. The number of hydrogen-bond donors (Lipinski definition) is 2. The number of carbonyl (C=O) groups is 1. The Labute approximate surface area is 129 Å². The van der Waals surface area contributed by atoms with Crippen LogP contribution in [0.4, 0.5) is 15.8 Å². The van der Waals surface area contributed by atoms with Gasteiger partial charge in [0.05, 0.1) is 21.4 Å². The lowest BCUT2D eigenvalue weighted by Gasteiger charge is -2.09. The van der Waals surface area contributed by atoms with Crippen LogP contribution in [-0.2, 0) is 0 Å². The van der Waals surface area contributed by atoms with Crippen molar-refractivity contribution >= 4 is 52.1 Å². The van der Waals surface area contributed by atoms with E-state index in [1.165, 1.54) is 24.3 Å². The third kappa shape index (κ3) is 3.15. The summed E-state index contributed by atoms with van der Waals surface area (Å²) < 4.78 is 13.6. The number of nitrogen functional groups attached to an aromatic ring is 1. The van der Waals surface area contributed by atoms with Crippen LogP contribution in [0.25, 0.3) is 0 Å². The third-order valence-electron chi connectivity index (χ3n) is 2.50. The zero-order chi connectivity index (χ0) is 14.9. The van der Waals surface area contributed by atoms with Crippen molar-refractivity contribution in [2.24, 2.45) is 0 Å². The molecule has 0 aromatic heterocycles. The topological polar surface area (TPSA) is 55.1 Å². The Morgan fingerprint density at radius 3 is 2.45 bits per heavy atom. The Bertz CT molecular complexity index is 668. The Balaban J connectivity index is 2.28. The molecule has 20 heavy (non-hydrogen) atoms. The van der Waals surface area contributed by atoms with Crippen molar-refractivity contribution in [3.8, 4) is 0 Å². The first kappa shape index (κ1) is 14.9. The summed E-state index contributed by atoms with van der Waals surface area (Å²) in [5, 5.41) is 2.95. The molecule has 1 amide bonds. The van der Waals surface area contributed by atoms with E-state index < -0.39 is 11.7 Å². The lowest BCUT2D eigenvalue weighted by molar-refractivity contribution is 0.102. The van der Waals surface area contributed by atoms with Gasteiger partial charge < -0.3 is 11.1 Å². The first-order chi connectivity index (χ1) is 9.38. The molecule has 0 fully saturated rings. The number of benzene rings is 2. The van der Waals surface area contributed by atoms with Crippen LogP contribution in [0.15, 0.2) is 30.3 Å². The summed E-state index contributed by atoms with van der Waals surface area (Å²) in [6, 6.07) is 6.63. The Hall–Kier alpha value is -1.49. The van der Waals surface area contributed by atoms with Gasteiger partial charge in [0.25, 0.3) is 5.91 Å². The zero-order valence-electron chi connectivity index (χ0n) is 9.88. The highest BCUT2D eigenvalue weighted by molar-refractivity contribution is 6.44. The van der Waals surface area contributed by atoms with Gasteiger partial charge in [0.1, 0.15) is 5.82 Å². The number of amides is 1. The molecular weight excluding hydrogens is 326 g/mol. The fraction of sp³-hybridized carbons (Fsp3) is 0. The summed E-state index contributed by atoms with van der Waals surface area (Å²) in [5.41, 5.74) is 5.96. The van der Waals surface area contributed by atoms with Crippen molar-refractivity contribution < 1.29 is 9.18 Å². The van der Waals surface area contributed by atoms with Crippen LogP contribution in [0, 0.1) is 5.82 Å². The summed E-state index contributed by atoms with van der Waals surface area (Å²) in [6.07, 6.45) is 0. The van der Waals surface area contributed by atoms with E-state index in [4.69, 9.17) is 40.5 Å². The number of nitrogens with two attached hydrogens (primary N) is 1. The van der Waals surface area contributed by atoms with E-state index in [2.05, 4.69) is 5.32 Å². The molecular formula is C13H8Cl3FN2O. The largest absolute Gasteiger partial charge is 0.397 e. The third-order valence-corrected chi connectivity index (χ3v) is 3.55. The van der Waals surface area contributed by atoms with Gasteiger partial charge in [-0.05, 0) is 30.3 Å². The molecule has 0 aliphatic carbocycles. The molecule has 3 nitrogen and oxygen atoms in total. The molecule has 0 bridgehead atoms. The average Bonchev–Trinajstić information content (AvgIpc) is 2.38. The van der Waals surface area contributed by atoms with Crippen molar-refractivity contribution in [2.45, 2.75) is 0 Å². The van der Waals surface area contributed by atoms with Crippen molar-refractivity contribution in [1.29, 1.82) is 0 Å². The maximum absolute atomic E-state index is 13.6. The highest BCUT2D eigenvalue weighted by Crippen LogP contribution is 2.30. The van der Waals surface area contributed by atoms with E-state index in [1.54, 1.807) is 0 Å². The minimum Gasteiger partial charge on any atom is -0.397 e. The van der Waals surface area contributed by atoms with Crippen LogP contribution in [0.3, 0.4) is 0 Å². The Morgan fingerprint density at radius 1 is 1.15 bits per heavy atom. The van der Waals surface area contributed by atoms with Crippen LogP contribution in [0.2, 0.25) is 15.1 Å². The molecule has 2 aromatic carbocycles. The molecule has 7 heteroatoms. The Kier molecular flexibility index (Phi) is 4.38. The molecule has 2 aromatic rings. The summed E-state index contributed by atoms with van der Waals surface area (Å²) in [4.78, 5) is 12.0. The normalized spacial score (nSPS) is 10.4. The van der Waals surface area contributed by atoms with Crippen molar-refractivity contribution in [3.63, 3.8) is 0 Å².